The van der Waals surface area contributed by atoms with Crippen molar-refractivity contribution in [3.63, 3.8) is 0 Å². The Labute approximate surface area is 102 Å². The summed E-state index contributed by atoms with van der Waals surface area (Å²) in [5.74, 6) is 0. The summed E-state index contributed by atoms with van der Waals surface area (Å²) >= 11 is 0. The van der Waals surface area contributed by atoms with Gasteiger partial charge in [-0.1, -0.05) is 0 Å². The highest BCUT2D eigenvalue weighted by Crippen LogP contribution is 2.14. The lowest BCUT2D eigenvalue weighted by Crippen LogP contribution is -2.53. The Hall–Kier alpha value is -0.520. The maximum atomic E-state index is 11.6. The molecule has 96 valence electrons. The molecule has 1 aliphatic rings. The molecule has 0 bridgehead atoms. The minimum absolute atomic E-state index is 0. The molecule has 0 aromatic heterocycles. The molecule has 1 rings (SSSR count). The highest BCUT2D eigenvalue weighted by Gasteiger charge is 2.30. The molecule has 0 aliphatic carbocycles. The average molecular weight is 253 g/mol. The van der Waals surface area contributed by atoms with Crippen molar-refractivity contribution in [3.05, 3.63) is 0 Å². The van der Waals surface area contributed by atoms with E-state index in [1.54, 1.807) is 4.90 Å². The number of hydrogen-bond donors (Lipinski definition) is 2. The van der Waals surface area contributed by atoms with Crippen LogP contribution in [-0.2, 0) is 4.74 Å². The SMILES string of the molecule is CC(C)(C)OC(=O)N1CC[C@@H](O)[C@H](N)C1.Cl. The number of aliphatic hydroxyl groups excluding tert-OH is 1. The lowest BCUT2D eigenvalue weighted by Gasteiger charge is -2.35. The van der Waals surface area contributed by atoms with E-state index in [2.05, 4.69) is 0 Å². The fraction of sp³-hybridized carbons (Fsp3) is 0.900. The van der Waals surface area contributed by atoms with Crippen molar-refractivity contribution in [2.24, 2.45) is 5.73 Å². The second-order valence-electron chi connectivity index (χ2n) is 4.95. The molecule has 0 radical (unpaired) electrons. The fourth-order valence-corrected chi connectivity index (χ4v) is 1.46. The summed E-state index contributed by atoms with van der Waals surface area (Å²) in [5.41, 5.74) is 5.18. The van der Waals surface area contributed by atoms with E-state index in [0.29, 0.717) is 19.5 Å². The number of amides is 1. The first kappa shape index (κ1) is 15.5. The molecule has 1 amide bonds. The van der Waals surface area contributed by atoms with Crippen LogP contribution in [0.1, 0.15) is 27.2 Å². The van der Waals surface area contributed by atoms with Crippen LogP contribution in [0.5, 0.6) is 0 Å². The number of piperidine rings is 1. The van der Waals surface area contributed by atoms with Gasteiger partial charge in [-0.2, -0.15) is 0 Å². The van der Waals surface area contributed by atoms with E-state index in [1.807, 2.05) is 20.8 Å². The van der Waals surface area contributed by atoms with Crippen LogP contribution in [0, 0.1) is 0 Å². The molecule has 2 atom stereocenters. The van der Waals surface area contributed by atoms with Crippen molar-refractivity contribution in [2.75, 3.05) is 13.1 Å². The van der Waals surface area contributed by atoms with E-state index in [4.69, 9.17) is 10.5 Å². The van der Waals surface area contributed by atoms with Crippen LogP contribution in [0.3, 0.4) is 0 Å². The number of carbonyl (C=O) groups excluding carboxylic acids is 1. The number of aliphatic hydroxyl groups is 1. The van der Waals surface area contributed by atoms with Crippen molar-refractivity contribution in [1.82, 2.24) is 4.90 Å². The number of carbonyl (C=O) groups is 1. The predicted molar refractivity (Wildman–Crippen MR) is 63.7 cm³/mol. The third kappa shape index (κ3) is 4.55. The Bertz CT molecular complexity index is 243. The molecule has 1 aliphatic heterocycles. The van der Waals surface area contributed by atoms with E-state index < -0.39 is 11.7 Å². The highest BCUT2D eigenvalue weighted by atomic mass is 35.5. The van der Waals surface area contributed by atoms with Crippen LogP contribution >= 0.6 is 12.4 Å². The standard InChI is InChI=1S/C10H20N2O3.ClH/c1-10(2,3)15-9(14)12-5-4-8(13)7(11)6-12;/h7-8,13H,4-6,11H2,1-3H3;1H/t7-,8-;/m1./s1. The molecule has 1 fully saturated rings. The fourth-order valence-electron chi connectivity index (χ4n) is 1.46. The Morgan fingerprint density at radius 1 is 1.50 bits per heavy atom. The Morgan fingerprint density at radius 3 is 2.50 bits per heavy atom. The minimum atomic E-state index is -0.510. The van der Waals surface area contributed by atoms with E-state index in [0.717, 1.165) is 0 Å². The van der Waals surface area contributed by atoms with Crippen LogP contribution in [0.15, 0.2) is 0 Å². The van der Waals surface area contributed by atoms with Crippen LogP contribution in [0.4, 0.5) is 4.79 Å². The number of hydrogen-bond acceptors (Lipinski definition) is 4. The monoisotopic (exact) mass is 252 g/mol. The lowest BCUT2D eigenvalue weighted by atomic mass is 10.0. The molecule has 0 aromatic carbocycles. The molecule has 1 saturated heterocycles. The summed E-state index contributed by atoms with van der Waals surface area (Å²) in [6.07, 6.45) is -0.353. The van der Waals surface area contributed by atoms with Gasteiger partial charge in [-0.3, -0.25) is 0 Å². The first-order chi connectivity index (χ1) is 6.79. The van der Waals surface area contributed by atoms with Gasteiger partial charge in [-0.25, -0.2) is 4.79 Å². The number of likely N-dealkylation sites (tertiary alicyclic amines) is 1. The molecule has 3 N–H and O–H groups in total. The zero-order valence-corrected chi connectivity index (χ0v) is 10.8. The topological polar surface area (TPSA) is 75.8 Å². The molecular weight excluding hydrogens is 232 g/mol. The summed E-state index contributed by atoms with van der Waals surface area (Å²) < 4.78 is 5.21. The molecule has 16 heavy (non-hydrogen) atoms. The molecule has 1 heterocycles. The lowest BCUT2D eigenvalue weighted by molar-refractivity contribution is 0.00490. The third-order valence-corrected chi connectivity index (χ3v) is 2.27. The summed E-state index contributed by atoms with van der Waals surface area (Å²) in [6.45, 7) is 6.33. The van der Waals surface area contributed by atoms with Gasteiger partial charge in [0.05, 0.1) is 6.10 Å². The Kier molecular flexibility index (Phi) is 5.52. The first-order valence-electron chi connectivity index (χ1n) is 5.21. The maximum absolute atomic E-state index is 11.6. The van der Waals surface area contributed by atoms with Gasteiger partial charge in [0.25, 0.3) is 0 Å². The molecule has 0 spiro atoms. The summed E-state index contributed by atoms with van der Waals surface area (Å²) in [5, 5.41) is 9.41. The average Bonchev–Trinajstić information content (AvgIpc) is 2.06. The minimum Gasteiger partial charge on any atom is -0.444 e. The van der Waals surface area contributed by atoms with Crippen molar-refractivity contribution < 1.29 is 14.6 Å². The van der Waals surface area contributed by atoms with Crippen molar-refractivity contribution in [2.45, 2.75) is 44.9 Å². The predicted octanol–water partition coefficient (Wildman–Crippen LogP) is 0.737. The van der Waals surface area contributed by atoms with Gasteiger partial charge in [0.2, 0.25) is 0 Å². The maximum Gasteiger partial charge on any atom is 0.410 e. The van der Waals surface area contributed by atoms with Crippen LogP contribution in [0.25, 0.3) is 0 Å². The van der Waals surface area contributed by atoms with Crippen LogP contribution in [-0.4, -0.2) is 46.9 Å². The van der Waals surface area contributed by atoms with Crippen molar-refractivity contribution in [1.29, 1.82) is 0 Å². The number of halogens is 1. The van der Waals surface area contributed by atoms with E-state index in [1.165, 1.54) is 0 Å². The van der Waals surface area contributed by atoms with Crippen LogP contribution in [0.2, 0.25) is 0 Å². The van der Waals surface area contributed by atoms with Gasteiger partial charge in [0, 0.05) is 19.1 Å². The van der Waals surface area contributed by atoms with Gasteiger partial charge in [-0.05, 0) is 27.2 Å². The van der Waals surface area contributed by atoms with Gasteiger partial charge in [-0.15, -0.1) is 12.4 Å². The van der Waals surface area contributed by atoms with E-state index >= 15 is 0 Å². The second-order valence-corrected chi connectivity index (χ2v) is 4.95. The zero-order chi connectivity index (χ0) is 11.6. The van der Waals surface area contributed by atoms with Gasteiger partial charge >= 0.3 is 6.09 Å². The second kappa shape index (κ2) is 5.70. The number of rotatable bonds is 0. The molecule has 5 nitrogen and oxygen atoms in total. The van der Waals surface area contributed by atoms with Gasteiger partial charge < -0.3 is 20.5 Å². The number of ether oxygens (including phenoxy) is 1. The quantitative estimate of drug-likeness (QED) is 0.667. The Balaban J connectivity index is 0.00000225. The van der Waals surface area contributed by atoms with Gasteiger partial charge in [0.1, 0.15) is 5.60 Å². The molecule has 6 heteroatoms. The largest absolute Gasteiger partial charge is 0.444 e. The normalized spacial score (nSPS) is 25.9. The molecule has 0 saturated carbocycles. The summed E-state index contributed by atoms with van der Waals surface area (Å²) in [7, 11) is 0. The first-order valence-corrected chi connectivity index (χ1v) is 5.21. The molecular formula is C10H21ClN2O3. The summed E-state index contributed by atoms with van der Waals surface area (Å²) in [4.78, 5) is 13.2. The molecule has 0 unspecified atom stereocenters. The van der Waals surface area contributed by atoms with Crippen molar-refractivity contribution in [3.8, 4) is 0 Å². The van der Waals surface area contributed by atoms with Gasteiger partial charge in [0.15, 0.2) is 0 Å². The number of nitrogens with two attached hydrogens (primary N) is 1. The smallest absolute Gasteiger partial charge is 0.410 e. The highest BCUT2D eigenvalue weighted by molar-refractivity contribution is 5.85. The third-order valence-electron chi connectivity index (χ3n) is 2.27. The van der Waals surface area contributed by atoms with Crippen molar-refractivity contribution >= 4 is 18.5 Å². The summed E-state index contributed by atoms with van der Waals surface area (Å²) in [6, 6.07) is -0.369. The van der Waals surface area contributed by atoms with Crippen LogP contribution < -0.4 is 5.73 Å². The van der Waals surface area contributed by atoms with E-state index in [9.17, 15) is 9.90 Å². The Morgan fingerprint density at radius 2 is 2.06 bits per heavy atom. The van der Waals surface area contributed by atoms with E-state index in [-0.39, 0.29) is 24.5 Å². The zero-order valence-electron chi connectivity index (χ0n) is 9.97. The number of nitrogens with zero attached hydrogens (tertiary/aromatic N) is 1. The molecule has 0 aromatic rings.